The zero-order valence-corrected chi connectivity index (χ0v) is 15.0. The van der Waals surface area contributed by atoms with Crippen molar-refractivity contribution in [1.29, 1.82) is 0 Å². The SMILES string of the molecule is CCC(C)N(CC(=O)Nc1nccs1)C(=O)c1ccc(C(F)(F)F)cc1. The fourth-order valence-corrected chi connectivity index (χ4v) is 2.76. The summed E-state index contributed by atoms with van der Waals surface area (Å²) in [4.78, 5) is 30.2. The van der Waals surface area contributed by atoms with Crippen LogP contribution >= 0.6 is 11.3 Å². The van der Waals surface area contributed by atoms with Gasteiger partial charge in [0.25, 0.3) is 5.91 Å². The molecule has 2 rings (SSSR count). The van der Waals surface area contributed by atoms with Gasteiger partial charge in [0.05, 0.1) is 5.56 Å². The zero-order chi connectivity index (χ0) is 19.3. The Morgan fingerprint density at radius 2 is 1.92 bits per heavy atom. The zero-order valence-electron chi connectivity index (χ0n) is 14.2. The van der Waals surface area contributed by atoms with Crippen LogP contribution in [0.25, 0.3) is 0 Å². The molecule has 0 saturated heterocycles. The minimum absolute atomic E-state index is 0.0975. The van der Waals surface area contributed by atoms with E-state index in [0.717, 1.165) is 24.3 Å². The number of nitrogens with zero attached hydrogens (tertiary/aromatic N) is 2. The Hall–Kier alpha value is -2.42. The Kier molecular flexibility index (Phi) is 6.36. The topological polar surface area (TPSA) is 62.3 Å². The Morgan fingerprint density at radius 3 is 2.42 bits per heavy atom. The highest BCUT2D eigenvalue weighted by Crippen LogP contribution is 2.29. The second-order valence-electron chi connectivity index (χ2n) is 5.65. The van der Waals surface area contributed by atoms with Crippen LogP contribution in [-0.2, 0) is 11.0 Å². The van der Waals surface area contributed by atoms with Crippen LogP contribution in [0.4, 0.5) is 18.3 Å². The van der Waals surface area contributed by atoms with E-state index < -0.39 is 23.6 Å². The van der Waals surface area contributed by atoms with Crippen molar-refractivity contribution in [3.05, 3.63) is 47.0 Å². The van der Waals surface area contributed by atoms with Crippen LogP contribution in [0.2, 0.25) is 0 Å². The highest BCUT2D eigenvalue weighted by molar-refractivity contribution is 7.13. The first-order chi connectivity index (χ1) is 12.2. The molecule has 2 amide bonds. The van der Waals surface area contributed by atoms with Gasteiger partial charge in [0.15, 0.2) is 5.13 Å². The average molecular weight is 385 g/mol. The third-order valence-electron chi connectivity index (χ3n) is 3.84. The minimum Gasteiger partial charge on any atom is -0.327 e. The number of anilines is 1. The molecule has 0 fully saturated rings. The minimum atomic E-state index is -4.47. The fraction of sp³-hybridized carbons (Fsp3) is 0.353. The molecule has 26 heavy (non-hydrogen) atoms. The molecule has 9 heteroatoms. The van der Waals surface area contributed by atoms with Gasteiger partial charge in [0, 0.05) is 23.2 Å². The summed E-state index contributed by atoms with van der Waals surface area (Å²) < 4.78 is 38.0. The van der Waals surface area contributed by atoms with Gasteiger partial charge in [-0.2, -0.15) is 13.2 Å². The number of rotatable bonds is 6. The molecule has 0 aliphatic carbocycles. The first-order valence-electron chi connectivity index (χ1n) is 7.90. The van der Waals surface area contributed by atoms with Crippen LogP contribution < -0.4 is 5.32 Å². The molecule has 1 heterocycles. The molecule has 1 atom stereocenters. The molecule has 1 aromatic heterocycles. The van der Waals surface area contributed by atoms with Crippen molar-refractivity contribution >= 4 is 28.3 Å². The Labute approximate surface area is 152 Å². The van der Waals surface area contributed by atoms with E-state index in [2.05, 4.69) is 10.3 Å². The Morgan fingerprint density at radius 1 is 1.27 bits per heavy atom. The first-order valence-corrected chi connectivity index (χ1v) is 8.78. The van der Waals surface area contributed by atoms with E-state index in [9.17, 15) is 22.8 Å². The van der Waals surface area contributed by atoms with Crippen LogP contribution in [-0.4, -0.2) is 34.3 Å². The van der Waals surface area contributed by atoms with E-state index >= 15 is 0 Å². The highest BCUT2D eigenvalue weighted by Gasteiger charge is 2.31. The molecule has 5 nitrogen and oxygen atoms in total. The van der Waals surface area contributed by atoms with Crippen molar-refractivity contribution in [3.63, 3.8) is 0 Å². The summed E-state index contributed by atoms with van der Waals surface area (Å²) in [5, 5.41) is 4.71. The molecule has 2 aromatic rings. The van der Waals surface area contributed by atoms with Gasteiger partial charge in [-0.15, -0.1) is 11.3 Å². The number of hydrogen-bond acceptors (Lipinski definition) is 4. The van der Waals surface area contributed by atoms with Crippen molar-refractivity contribution in [1.82, 2.24) is 9.88 Å². The third kappa shape index (κ3) is 5.04. The van der Waals surface area contributed by atoms with Crippen LogP contribution in [0.5, 0.6) is 0 Å². The largest absolute Gasteiger partial charge is 0.416 e. The smallest absolute Gasteiger partial charge is 0.327 e. The van der Waals surface area contributed by atoms with Gasteiger partial charge >= 0.3 is 6.18 Å². The van der Waals surface area contributed by atoms with Gasteiger partial charge in [-0.05, 0) is 37.6 Å². The summed E-state index contributed by atoms with van der Waals surface area (Å²) in [6, 6.07) is 3.71. The third-order valence-corrected chi connectivity index (χ3v) is 4.52. The van der Waals surface area contributed by atoms with Crippen molar-refractivity contribution in [2.45, 2.75) is 32.5 Å². The molecule has 0 bridgehead atoms. The maximum absolute atomic E-state index is 12.7. The van der Waals surface area contributed by atoms with Gasteiger partial charge in [0.1, 0.15) is 6.54 Å². The molecule has 1 unspecified atom stereocenters. The van der Waals surface area contributed by atoms with Crippen LogP contribution in [0, 0.1) is 0 Å². The maximum Gasteiger partial charge on any atom is 0.416 e. The number of nitrogens with one attached hydrogen (secondary N) is 1. The van der Waals surface area contributed by atoms with Gasteiger partial charge in [-0.25, -0.2) is 4.98 Å². The fourth-order valence-electron chi connectivity index (χ4n) is 2.21. The van der Waals surface area contributed by atoms with E-state index in [0.29, 0.717) is 11.6 Å². The van der Waals surface area contributed by atoms with Crippen LogP contribution in [0.15, 0.2) is 35.8 Å². The lowest BCUT2D eigenvalue weighted by Gasteiger charge is -2.28. The lowest BCUT2D eigenvalue weighted by atomic mass is 10.1. The number of carbonyl (C=O) groups is 2. The predicted molar refractivity (Wildman–Crippen MR) is 93.0 cm³/mol. The lowest BCUT2D eigenvalue weighted by Crippen LogP contribution is -2.43. The molecule has 0 radical (unpaired) electrons. The van der Waals surface area contributed by atoms with Gasteiger partial charge in [-0.3, -0.25) is 9.59 Å². The summed E-state index contributed by atoms with van der Waals surface area (Å²) in [7, 11) is 0. The normalized spacial score (nSPS) is 12.5. The summed E-state index contributed by atoms with van der Waals surface area (Å²) >= 11 is 1.25. The molecular formula is C17H18F3N3O2S. The van der Waals surface area contributed by atoms with Crippen molar-refractivity contribution in [3.8, 4) is 0 Å². The number of amides is 2. The molecule has 0 aliphatic rings. The van der Waals surface area contributed by atoms with Crippen LogP contribution in [0.3, 0.4) is 0 Å². The first kappa shape index (κ1) is 19.9. The molecule has 140 valence electrons. The Balaban J connectivity index is 2.15. The van der Waals surface area contributed by atoms with E-state index in [-0.39, 0.29) is 18.2 Å². The monoisotopic (exact) mass is 385 g/mol. The summed E-state index contributed by atoms with van der Waals surface area (Å²) in [6.45, 7) is 3.42. The summed E-state index contributed by atoms with van der Waals surface area (Å²) in [5.74, 6) is -0.914. The van der Waals surface area contributed by atoms with Crippen molar-refractivity contribution in [2.75, 3.05) is 11.9 Å². The lowest BCUT2D eigenvalue weighted by molar-refractivity contribution is -0.137. The number of aromatic nitrogens is 1. The van der Waals surface area contributed by atoms with Crippen LogP contribution in [0.1, 0.15) is 36.2 Å². The molecule has 0 spiro atoms. The summed E-state index contributed by atoms with van der Waals surface area (Å²) in [6.07, 6.45) is -2.33. The van der Waals surface area contributed by atoms with Gasteiger partial charge < -0.3 is 10.2 Å². The Bertz CT molecular complexity index is 746. The number of benzene rings is 1. The highest BCUT2D eigenvalue weighted by atomic mass is 32.1. The quantitative estimate of drug-likeness (QED) is 0.816. The van der Waals surface area contributed by atoms with Crippen molar-refractivity contribution in [2.24, 2.45) is 0 Å². The van der Waals surface area contributed by atoms with Gasteiger partial charge in [0.2, 0.25) is 5.91 Å². The van der Waals surface area contributed by atoms with Gasteiger partial charge in [-0.1, -0.05) is 6.92 Å². The molecule has 1 N–H and O–H groups in total. The number of hydrogen-bond donors (Lipinski definition) is 1. The van der Waals surface area contributed by atoms with E-state index in [4.69, 9.17) is 0 Å². The molecule has 1 aromatic carbocycles. The molecular weight excluding hydrogens is 367 g/mol. The van der Waals surface area contributed by atoms with Crippen molar-refractivity contribution < 1.29 is 22.8 Å². The number of carbonyl (C=O) groups excluding carboxylic acids is 2. The number of thiazole rings is 1. The number of halogens is 3. The second kappa shape index (κ2) is 8.31. The molecule has 0 saturated carbocycles. The van der Waals surface area contributed by atoms with E-state index in [1.807, 2.05) is 6.92 Å². The standard InChI is InChI=1S/C17H18F3N3O2S/c1-3-11(2)23(10-14(24)22-16-21-8-9-26-16)15(25)12-4-6-13(7-5-12)17(18,19)20/h4-9,11H,3,10H2,1-2H3,(H,21,22,24). The van der Waals surface area contributed by atoms with E-state index in [1.165, 1.54) is 16.2 Å². The predicted octanol–water partition coefficient (Wildman–Crippen LogP) is 4.04. The second-order valence-corrected chi connectivity index (χ2v) is 6.55. The maximum atomic E-state index is 12.7. The molecule has 0 aliphatic heterocycles. The number of alkyl halides is 3. The summed E-state index contributed by atoms with van der Waals surface area (Å²) in [5.41, 5.74) is -0.731. The van der Waals surface area contributed by atoms with E-state index in [1.54, 1.807) is 18.5 Å². The average Bonchev–Trinajstić information content (AvgIpc) is 3.10.